The number of hydrogen-bond acceptors (Lipinski definition) is 3. The van der Waals surface area contributed by atoms with Crippen molar-refractivity contribution in [3.05, 3.63) is 47.5 Å². The van der Waals surface area contributed by atoms with E-state index in [1.807, 2.05) is 32.3 Å². The van der Waals surface area contributed by atoms with Gasteiger partial charge in [-0.05, 0) is 30.2 Å². The van der Waals surface area contributed by atoms with Gasteiger partial charge in [-0.1, -0.05) is 0 Å². The van der Waals surface area contributed by atoms with Gasteiger partial charge in [0.15, 0.2) is 0 Å². The van der Waals surface area contributed by atoms with Crippen LogP contribution < -0.4 is 0 Å². The van der Waals surface area contributed by atoms with Crippen LogP contribution in [0.4, 0.5) is 0 Å². The van der Waals surface area contributed by atoms with Crippen molar-refractivity contribution in [2.75, 3.05) is 0 Å². The van der Waals surface area contributed by atoms with E-state index < -0.39 is 6.10 Å². The first-order chi connectivity index (χ1) is 7.66. The summed E-state index contributed by atoms with van der Waals surface area (Å²) in [7, 11) is 1.87. The van der Waals surface area contributed by atoms with Crippen LogP contribution in [0.15, 0.2) is 30.7 Å². The summed E-state index contributed by atoms with van der Waals surface area (Å²) in [5.41, 5.74) is 2.82. The molecule has 0 aliphatic rings. The molecule has 0 aliphatic heterocycles. The Bertz CT molecular complexity index is 479. The van der Waals surface area contributed by atoms with Gasteiger partial charge in [-0.3, -0.25) is 9.67 Å². The topological polar surface area (TPSA) is 50.9 Å². The van der Waals surface area contributed by atoms with Crippen molar-refractivity contribution >= 4 is 0 Å². The molecular weight excluding hydrogens is 202 g/mol. The third-order valence-corrected chi connectivity index (χ3v) is 2.59. The summed E-state index contributed by atoms with van der Waals surface area (Å²) in [6.45, 7) is 1.95. The Balaban J connectivity index is 2.14. The first kappa shape index (κ1) is 10.8. The fourth-order valence-corrected chi connectivity index (χ4v) is 1.74. The number of pyridine rings is 1. The van der Waals surface area contributed by atoms with Crippen molar-refractivity contribution in [2.24, 2.45) is 7.05 Å². The molecule has 0 fully saturated rings. The van der Waals surface area contributed by atoms with Gasteiger partial charge in [0.2, 0.25) is 0 Å². The molecule has 4 nitrogen and oxygen atoms in total. The van der Waals surface area contributed by atoms with Gasteiger partial charge in [-0.25, -0.2) is 0 Å². The standard InChI is InChI=1S/C12H15N3O/c1-9-8-13-5-3-11(9)12(16)7-10-4-6-15(2)14-10/h3-6,8,12,16H,7H2,1-2H3. The third-order valence-electron chi connectivity index (χ3n) is 2.59. The van der Waals surface area contributed by atoms with Gasteiger partial charge >= 0.3 is 0 Å². The summed E-state index contributed by atoms with van der Waals surface area (Å²) < 4.78 is 1.74. The second-order valence-corrected chi connectivity index (χ2v) is 3.93. The normalized spacial score (nSPS) is 12.7. The molecule has 2 aromatic heterocycles. The Hall–Kier alpha value is -1.68. The smallest absolute Gasteiger partial charge is 0.0849 e. The van der Waals surface area contributed by atoms with E-state index in [1.54, 1.807) is 17.1 Å². The third kappa shape index (κ3) is 2.28. The summed E-state index contributed by atoms with van der Waals surface area (Å²) >= 11 is 0. The summed E-state index contributed by atoms with van der Waals surface area (Å²) in [6.07, 6.45) is 5.35. The lowest BCUT2D eigenvalue weighted by atomic mass is 10.0. The van der Waals surface area contributed by atoms with Crippen molar-refractivity contribution in [2.45, 2.75) is 19.4 Å². The van der Waals surface area contributed by atoms with Crippen molar-refractivity contribution in [1.29, 1.82) is 0 Å². The minimum Gasteiger partial charge on any atom is -0.388 e. The molecule has 16 heavy (non-hydrogen) atoms. The predicted octanol–water partition coefficient (Wildman–Crippen LogP) is 1.40. The number of aliphatic hydroxyl groups is 1. The minimum atomic E-state index is -0.516. The first-order valence-electron chi connectivity index (χ1n) is 5.24. The van der Waals surface area contributed by atoms with E-state index in [9.17, 15) is 5.11 Å². The number of hydrogen-bond donors (Lipinski definition) is 1. The van der Waals surface area contributed by atoms with Gasteiger partial charge in [-0.15, -0.1) is 0 Å². The largest absolute Gasteiger partial charge is 0.388 e. The van der Waals surface area contributed by atoms with Crippen molar-refractivity contribution < 1.29 is 5.11 Å². The van der Waals surface area contributed by atoms with Gasteiger partial charge < -0.3 is 5.11 Å². The maximum Gasteiger partial charge on any atom is 0.0849 e. The summed E-state index contributed by atoms with van der Waals surface area (Å²) in [5, 5.41) is 14.3. The Morgan fingerprint density at radius 1 is 1.44 bits per heavy atom. The minimum absolute atomic E-state index is 0.516. The SMILES string of the molecule is Cc1cnccc1C(O)Cc1ccn(C)n1. The van der Waals surface area contributed by atoms with E-state index in [0.29, 0.717) is 6.42 Å². The maximum atomic E-state index is 10.1. The monoisotopic (exact) mass is 217 g/mol. The van der Waals surface area contributed by atoms with E-state index in [1.165, 1.54) is 0 Å². The summed E-state index contributed by atoms with van der Waals surface area (Å²) in [5.74, 6) is 0. The van der Waals surface area contributed by atoms with Gasteiger partial charge in [0.1, 0.15) is 0 Å². The highest BCUT2D eigenvalue weighted by Gasteiger charge is 2.12. The molecule has 0 amide bonds. The van der Waals surface area contributed by atoms with Crippen LogP contribution in [0.2, 0.25) is 0 Å². The zero-order chi connectivity index (χ0) is 11.5. The van der Waals surface area contributed by atoms with Crippen LogP contribution in [0.25, 0.3) is 0 Å². The highest BCUT2D eigenvalue weighted by molar-refractivity contribution is 5.25. The molecule has 2 rings (SSSR count). The van der Waals surface area contributed by atoms with Gasteiger partial charge in [0.05, 0.1) is 11.8 Å². The van der Waals surface area contributed by atoms with Crippen molar-refractivity contribution in [3.63, 3.8) is 0 Å². The molecule has 0 aromatic carbocycles. The van der Waals surface area contributed by atoms with Gasteiger partial charge in [-0.2, -0.15) is 5.10 Å². The highest BCUT2D eigenvalue weighted by Crippen LogP contribution is 2.19. The molecule has 1 N–H and O–H groups in total. The molecule has 0 spiro atoms. The van der Waals surface area contributed by atoms with Crippen LogP contribution in [0.5, 0.6) is 0 Å². The van der Waals surface area contributed by atoms with E-state index >= 15 is 0 Å². The zero-order valence-corrected chi connectivity index (χ0v) is 9.46. The number of aliphatic hydroxyl groups excluding tert-OH is 1. The second-order valence-electron chi connectivity index (χ2n) is 3.93. The van der Waals surface area contributed by atoms with Crippen LogP contribution in [-0.4, -0.2) is 19.9 Å². The molecule has 84 valence electrons. The van der Waals surface area contributed by atoms with Crippen LogP contribution in [0.1, 0.15) is 22.9 Å². The maximum absolute atomic E-state index is 10.1. The average Bonchev–Trinajstić information content (AvgIpc) is 2.64. The average molecular weight is 217 g/mol. The number of nitrogens with zero attached hydrogens (tertiary/aromatic N) is 3. The predicted molar refractivity (Wildman–Crippen MR) is 60.8 cm³/mol. The second kappa shape index (κ2) is 4.45. The van der Waals surface area contributed by atoms with Crippen LogP contribution in [-0.2, 0) is 13.5 Å². The molecule has 2 aromatic rings. The molecule has 2 heterocycles. The van der Waals surface area contributed by atoms with Gasteiger partial charge in [0.25, 0.3) is 0 Å². The lowest BCUT2D eigenvalue weighted by Gasteiger charge is -2.11. The van der Waals surface area contributed by atoms with Gasteiger partial charge in [0, 0.05) is 32.1 Å². The van der Waals surface area contributed by atoms with E-state index in [4.69, 9.17) is 0 Å². The fraction of sp³-hybridized carbons (Fsp3) is 0.333. The Morgan fingerprint density at radius 2 is 2.25 bits per heavy atom. The number of aryl methyl sites for hydroxylation is 2. The van der Waals surface area contributed by atoms with E-state index in [0.717, 1.165) is 16.8 Å². The lowest BCUT2D eigenvalue weighted by molar-refractivity contribution is 0.176. The van der Waals surface area contributed by atoms with Crippen molar-refractivity contribution in [1.82, 2.24) is 14.8 Å². The summed E-state index contributed by atoms with van der Waals surface area (Å²) in [4.78, 5) is 4.01. The van der Waals surface area contributed by atoms with E-state index in [2.05, 4.69) is 10.1 Å². The zero-order valence-electron chi connectivity index (χ0n) is 9.46. The quantitative estimate of drug-likeness (QED) is 0.845. The fourth-order valence-electron chi connectivity index (χ4n) is 1.74. The van der Waals surface area contributed by atoms with Crippen LogP contribution in [0, 0.1) is 6.92 Å². The molecule has 1 unspecified atom stereocenters. The molecule has 0 saturated heterocycles. The van der Waals surface area contributed by atoms with Crippen molar-refractivity contribution in [3.8, 4) is 0 Å². The Labute approximate surface area is 94.6 Å². The van der Waals surface area contributed by atoms with E-state index in [-0.39, 0.29) is 0 Å². The van der Waals surface area contributed by atoms with Crippen LogP contribution >= 0.6 is 0 Å². The number of aromatic nitrogens is 3. The highest BCUT2D eigenvalue weighted by atomic mass is 16.3. The molecule has 0 bridgehead atoms. The Kier molecular flexibility index (Phi) is 3.01. The Morgan fingerprint density at radius 3 is 2.88 bits per heavy atom. The molecule has 0 aliphatic carbocycles. The summed E-state index contributed by atoms with van der Waals surface area (Å²) in [6, 6.07) is 3.77. The van der Waals surface area contributed by atoms with Crippen LogP contribution in [0.3, 0.4) is 0 Å². The molecular formula is C12H15N3O. The number of rotatable bonds is 3. The lowest BCUT2D eigenvalue weighted by Crippen LogP contribution is -2.05. The first-order valence-corrected chi connectivity index (χ1v) is 5.24. The molecule has 4 heteroatoms. The molecule has 1 atom stereocenters. The molecule has 0 saturated carbocycles. The molecule has 0 radical (unpaired) electrons.